The summed E-state index contributed by atoms with van der Waals surface area (Å²) in [6.07, 6.45) is 4.18. The zero-order valence-corrected chi connectivity index (χ0v) is 15.6. The number of hydrogen-bond acceptors (Lipinski definition) is 6. The normalized spacial score (nSPS) is 14.4. The summed E-state index contributed by atoms with van der Waals surface area (Å²) in [4.78, 5) is 18.6. The first-order chi connectivity index (χ1) is 13.1. The predicted octanol–water partition coefficient (Wildman–Crippen LogP) is 3.61. The molecule has 8 heteroatoms. The number of para-hydroxylation sites is 2. The Morgan fingerprint density at radius 1 is 1.11 bits per heavy atom. The Morgan fingerprint density at radius 3 is 2.67 bits per heavy atom. The summed E-state index contributed by atoms with van der Waals surface area (Å²) in [5.41, 5.74) is 3.63. The van der Waals surface area contributed by atoms with Gasteiger partial charge in [0.25, 0.3) is 0 Å². The van der Waals surface area contributed by atoms with Crippen molar-refractivity contribution in [2.75, 3.05) is 10.6 Å². The smallest absolute Gasteiger partial charge is 0.233 e. The summed E-state index contributed by atoms with van der Waals surface area (Å²) >= 11 is 0. The molecule has 0 radical (unpaired) electrons. The van der Waals surface area contributed by atoms with E-state index in [0.29, 0.717) is 17.9 Å². The van der Waals surface area contributed by atoms with Gasteiger partial charge in [0, 0.05) is 19.1 Å². The molecule has 4 aromatic rings. The molecule has 5 rings (SSSR count). The van der Waals surface area contributed by atoms with Gasteiger partial charge >= 0.3 is 0 Å². The largest absolute Gasteiger partial charge is 0.365 e. The fraction of sp³-hybridized carbons (Fsp3) is 0.368. The van der Waals surface area contributed by atoms with Crippen LogP contribution >= 0.6 is 0 Å². The van der Waals surface area contributed by atoms with E-state index in [2.05, 4.69) is 39.0 Å². The average Bonchev–Trinajstić information content (AvgIpc) is 3.26. The van der Waals surface area contributed by atoms with Gasteiger partial charge in [0.15, 0.2) is 17.0 Å². The molecule has 1 saturated carbocycles. The maximum atomic E-state index is 4.74. The van der Waals surface area contributed by atoms with Crippen LogP contribution in [-0.4, -0.2) is 35.1 Å². The van der Waals surface area contributed by atoms with Crippen molar-refractivity contribution in [2.24, 2.45) is 7.05 Å². The van der Waals surface area contributed by atoms with Crippen molar-refractivity contribution in [3.63, 3.8) is 0 Å². The number of imidazole rings is 2. The zero-order chi connectivity index (χ0) is 18.5. The van der Waals surface area contributed by atoms with Crippen LogP contribution in [0.15, 0.2) is 30.6 Å². The lowest BCUT2D eigenvalue weighted by atomic mass is 10.3. The van der Waals surface area contributed by atoms with Gasteiger partial charge in [-0.15, -0.1) is 0 Å². The number of hydrogen-bond donors (Lipinski definition) is 2. The summed E-state index contributed by atoms with van der Waals surface area (Å²) in [7, 11) is 1.98. The van der Waals surface area contributed by atoms with Crippen LogP contribution in [0.4, 0.5) is 17.7 Å². The van der Waals surface area contributed by atoms with Crippen LogP contribution in [-0.2, 0) is 7.05 Å². The predicted molar refractivity (Wildman–Crippen MR) is 106 cm³/mol. The standard InChI is InChI=1S/C19H22N8/c1-11(2)27-10-20-15-16(21-12-8-9-12)23-18(24-17(15)27)25-19-22-13-6-4-5-7-14(13)26(19)3/h4-7,10-12H,8-9H2,1-3H3,(H2,21,22,23,24,25). The van der Waals surface area contributed by atoms with Crippen molar-refractivity contribution < 1.29 is 0 Å². The lowest BCUT2D eigenvalue weighted by Gasteiger charge is -2.11. The summed E-state index contributed by atoms with van der Waals surface area (Å²) in [5.74, 6) is 2.01. The van der Waals surface area contributed by atoms with E-state index in [0.717, 1.165) is 28.0 Å². The molecule has 0 amide bonds. The number of aryl methyl sites for hydroxylation is 1. The molecule has 0 aliphatic heterocycles. The summed E-state index contributed by atoms with van der Waals surface area (Å²) in [6, 6.07) is 8.79. The van der Waals surface area contributed by atoms with Gasteiger partial charge in [-0.2, -0.15) is 9.97 Å². The molecule has 0 unspecified atom stereocenters. The summed E-state index contributed by atoms with van der Waals surface area (Å²) in [5, 5.41) is 6.78. The molecule has 138 valence electrons. The number of benzene rings is 1. The monoisotopic (exact) mass is 362 g/mol. The van der Waals surface area contributed by atoms with E-state index in [1.165, 1.54) is 12.8 Å². The molecule has 27 heavy (non-hydrogen) atoms. The Balaban J connectivity index is 1.60. The molecule has 1 aromatic carbocycles. The third kappa shape index (κ3) is 2.77. The number of fused-ring (bicyclic) bond motifs is 2. The molecular formula is C19H22N8. The van der Waals surface area contributed by atoms with E-state index in [-0.39, 0.29) is 6.04 Å². The van der Waals surface area contributed by atoms with Crippen LogP contribution in [0.1, 0.15) is 32.7 Å². The first-order valence-electron chi connectivity index (χ1n) is 9.30. The van der Waals surface area contributed by atoms with Crippen LogP contribution in [0.2, 0.25) is 0 Å². The van der Waals surface area contributed by atoms with Crippen molar-refractivity contribution in [3.8, 4) is 0 Å². The summed E-state index contributed by atoms with van der Waals surface area (Å²) in [6.45, 7) is 4.24. The van der Waals surface area contributed by atoms with E-state index in [1.54, 1.807) is 0 Å². The van der Waals surface area contributed by atoms with Crippen molar-refractivity contribution in [3.05, 3.63) is 30.6 Å². The molecule has 3 aromatic heterocycles. The fourth-order valence-corrected chi connectivity index (χ4v) is 3.23. The van der Waals surface area contributed by atoms with Crippen LogP contribution in [0.3, 0.4) is 0 Å². The second-order valence-corrected chi connectivity index (χ2v) is 7.34. The van der Waals surface area contributed by atoms with Gasteiger partial charge < -0.3 is 14.5 Å². The van der Waals surface area contributed by atoms with Crippen LogP contribution in [0.5, 0.6) is 0 Å². The third-order valence-corrected chi connectivity index (χ3v) is 4.91. The molecule has 0 saturated heterocycles. The number of rotatable bonds is 5. The van der Waals surface area contributed by atoms with Crippen molar-refractivity contribution >= 4 is 39.9 Å². The highest BCUT2D eigenvalue weighted by Crippen LogP contribution is 2.30. The van der Waals surface area contributed by atoms with E-state index < -0.39 is 0 Å². The maximum absolute atomic E-state index is 4.74. The highest BCUT2D eigenvalue weighted by atomic mass is 15.3. The third-order valence-electron chi connectivity index (χ3n) is 4.91. The zero-order valence-electron chi connectivity index (χ0n) is 15.6. The topological polar surface area (TPSA) is 85.5 Å². The number of aromatic nitrogens is 6. The minimum Gasteiger partial charge on any atom is -0.365 e. The molecule has 1 aliphatic carbocycles. The van der Waals surface area contributed by atoms with Crippen LogP contribution < -0.4 is 10.6 Å². The Kier molecular flexibility index (Phi) is 3.53. The minimum atomic E-state index is 0.266. The highest BCUT2D eigenvalue weighted by Gasteiger charge is 2.24. The van der Waals surface area contributed by atoms with E-state index >= 15 is 0 Å². The van der Waals surface area contributed by atoms with Gasteiger partial charge in [0.05, 0.1) is 17.4 Å². The molecule has 0 spiro atoms. The van der Waals surface area contributed by atoms with Crippen LogP contribution in [0.25, 0.3) is 22.2 Å². The lowest BCUT2D eigenvalue weighted by Crippen LogP contribution is -2.10. The van der Waals surface area contributed by atoms with Gasteiger partial charge in [-0.05, 0) is 38.8 Å². The van der Waals surface area contributed by atoms with E-state index in [9.17, 15) is 0 Å². The fourth-order valence-electron chi connectivity index (χ4n) is 3.23. The Labute approximate surface area is 156 Å². The van der Waals surface area contributed by atoms with E-state index in [4.69, 9.17) is 9.97 Å². The van der Waals surface area contributed by atoms with Gasteiger partial charge in [-0.25, -0.2) is 9.97 Å². The minimum absolute atomic E-state index is 0.266. The summed E-state index contributed by atoms with van der Waals surface area (Å²) < 4.78 is 4.08. The molecule has 2 N–H and O–H groups in total. The second kappa shape index (κ2) is 5.94. The van der Waals surface area contributed by atoms with Gasteiger partial charge in [0.1, 0.15) is 0 Å². The quantitative estimate of drug-likeness (QED) is 0.564. The SMILES string of the molecule is CC(C)n1cnc2c(NC3CC3)nc(Nc3nc4ccccc4n3C)nc21. The molecule has 0 bridgehead atoms. The van der Waals surface area contributed by atoms with Crippen molar-refractivity contribution in [1.29, 1.82) is 0 Å². The lowest BCUT2D eigenvalue weighted by molar-refractivity contribution is 0.613. The van der Waals surface area contributed by atoms with Crippen molar-refractivity contribution in [1.82, 2.24) is 29.1 Å². The number of nitrogens with zero attached hydrogens (tertiary/aromatic N) is 6. The molecule has 0 atom stereocenters. The molecule has 1 fully saturated rings. The van der Waals surface area contributed by atoms with E-state index in [1.807, 2.05) is 42.2 Å². The Hall–Kier alpha value is -3.16. The van der Waals surface area contributed by atoms with Crippen molar-refractivity contribution in [2.45, 2.75) is 38.8 Å². The van der Waals surface area contributed by atoms with Gasteiger partial charge in [-0.3, -0.25) is 5.32 Å². The average molecular weight is 362 g/mol. The van der Waals surface area contributed by atoms with Crippen LogP contribution in [0, 0.1) is 0 Å². The van der Waals surface area contributed by atoms with Gasteiger partial charge in [0.2, 0.25) is 11.9 Å². The first-order valence-corrected chi connectivity index (χ1v) is 9.30. The Morgan fingerprint density at radius 2 is 1.93 bits per heavy atom. The molecular weight excluding hydrogens is 340 g/mol. The molecule has 3 heterocycles. The molecule has 8 nitrogen and oxygen atoms in total. The Bertz CT molecular complexity index is 1140. The molecule has 1 aliphatic rings. The van der Waals surface area contributed by atoms with Gasteiger partial charge in [-0.1, -0.05) is 12.1 Å². The number of anilines is 3. The highest BCUT2D eigenvalue weighted by molar-refractivity contribution is 5.85. The number of nitrogens with one attached hydrogen (secondary N) is 2. The maximum Gasteiger partial charge on any atom is 0.233 e. The second-order valence-electron chi connectivity index (χ2n) is 7.34. The first kappa shape index (κ1) is 16.0.